The molecule has 0 aromatic carbocycles. The summed E-state index contributed by atoms with van der Waals surface area (Å²) >= 11 is 0. The zero-order valence-corrected chi connectivity index (χ0v) is 7.76. The molecular weight excluding hydrogens is 148 g/mol. The maximum absolute atomic E-state index is 4.36. The summed E-state index contributed by atoms with van der Waals surface area (Å²) in [5.74, 6) is 0. The monoisotopic (exact) mass is 162 g/mol. The molecule has 0 saturated heterocycles. The Kier molecular flexibility index (Phi) is 1.40. The first-order valence-corrected chi connectivity index (χ1v) is 4.29. The van der Waals surface area contributed by atoms with Gasteiger partial charge in [0.15, 0.2) is 0 Å². The van der Waals surface area contributed by atoms with Crippen LogP contribution in [0.3, 0.4) is 0 Å². The van der Waals surface area contributed by atoms with E-state index in [1.54, 1.807) is 0 Å². The standard InChI is InChI=1S/C10H14N2/c1-7-4-9-10(3,5-8(7)2)12-6-11-9/h4-6,9H,1-3H3,(H,11,12). The first-order valence-electron chi connectivity index (χ1n) is 4.29. The smallest absolute Gasteiger partial charge is 0.0966 e. The van der Waals surface area contributed by atoms with Gasteiger partial charge in [0.1, 0.15) is 0 Å². The predicted molar refractivity (Wildman–Crippen MR) is 51.3 cm³/mol. The number of rotatable bonds is 0. The predicted octanol–water partition coefficient (Wildman–Crippen LogP) is 1.65. The third-order valence-electron chi connectivity index (χ3n) is 2.77. The van der Waals surface area contributed by atoms with Gasteiger partial charge < -0.3 is 5.32 Å². The molecule has 2 unspecified atom stereocenters. The molecule has 1 heterocycles. The van der Waals surface area contributed by atoms with Gasteiger partial charge in [0.2, 0.25) is 0 Å². The minimum atomic E-state index is 0.0313. The summed E-state index contributed by atoms with van der Waals surface area (Å²) < 4.78 is 0. The van der Waals surface area contributed by atoms with Crippen LogP contribution >= 0.6 is 0 Å². The van der Waals surface area contributed by atoms with Crippen LogP contribution < -0.4 is 5.32 Å². The summed E-state index contributed by atoms with van der Waals surface area (Å²) in [5.41, 5.74) is 2.73. The molecule has 1 aliphatic carbocycles. The maximum atomic E-state index is 4.36. The molecule has 64 valence electrons. The highest BCUT2D eigenvalue weighted by Crippen LogP contribution is 2.29. The Hall–Kier alpha value is -1.05. The van der Waals surface area contributed by atoms with E-state index in [1.807, 2.05) is 6.34 Å². The quantitative estimate of drug-likeness (QED) is 0.575. The first kappa shape index (κ1) is 7.59. The zero-order chi connectivity index (χ0) is 8.77. The van der Waals surface area contributed by atoms with Gasteiger partial charge in [0.05, 0.1) is 17.9 Å². The van der Waals surface area contributed by atoms with Crippen LogP contribution in [-0.4, -0.2) is 17.9 Å². The normalized spacial score (nSPS) is 38.4. The number of nitrogens with one attached hydrogen (secondary N) is 1. The second-order valence-electron chi connectivity index (χ2n) is 3.83. The van der Waals surface area contributed by atoms with Crippen molar-refractivity contribution in [3.63, 3.8) is 0 Å². The van der Waals surface area contributed by atoms with Crippen molar-refractivity contribution in [3.8, 4) is 0 Å². The summed E-state index contributed by atoms with van der Waals surface area (Å²) in [4.78, 5) is 4.36. The van der Waals surface area contributed by atoms with Crippen molar-refractivity contribution in [2.24, 2.45) is 4.99 Å². The Morgan fingerprint density at radius 1 is 1.42 bits per heavy atom. The van der Waals surface area contributed by atoms with Gasteiger partial charge in [-0.25, -0.2) is 0 Å². The zero-order valence-electron chi connectivity index (χ0n) is 7.76. The minimum absolute atomic E-state index is 0.0313. The van der Waals surface area contributed by atoms with E-state index in [4.69, 9.17) is 0 Å². The molecule has 0 saturated carbocycles. The van der Waals surface area contributed by atoms with E-state index in [-0.39, 0.29) is 5.54 Å². The molecule has 1 aliphatic heterocycles. The average Bonchev–Trinajstić information content (AvgIpc) is 2.32. The number of allylic oxidation sites excluding steroid dienone is 2. The van der Waals surface area contributed by atoms with Gasteiger partial charge in [0.25, 0.3) is 0 Å². The Balaban J connectivity index is 2.41. The van der Waals surface area contributed by atoms with Crippen LogP contribution in [-0.2, 0) is 0 Å². The third kappa shape index (κ3) is 0.909. The number of fused-ring (bicyclic) bond motifs is 1. The summed E-state index contributed by atoms with van der Waals surface area (Å²) in [5, 5.41) is 3.27. The van der Waals surface area contributed by atoms with E-state index >= 15 is 0 Å². The summed E-state index contributed by atoms with van der Waals surface area (Å²) in [6.45, 7) is 6.46. The van der Waals surface area contributed by atoms with Gasteiger partial charge in [-0.05, 0) is 20.8 Å². The minimum Gasteiger partial charge on any atom is -0.365 e. The van der Waals surface area contributed by atoms with Gasteiger partial charge >= 0.3 is 0 Å². The topological polar surface area (TPSA) is 24.4 Å². The molecule has 0 aromatic rings. The molecule has 0 spiro atoms. The van der Waals surface area contributed by atoms with Crippen LogP contribution in [0, 0.1) is 0 Å². The van der Waals surface area contributed by atoms with Crippen molar-refractivity contribution in [1.82, 2.24) is 5.32 Å². The van der Waals surface area contributed by atoms with Crippen molar-refractivity contribution in [1.29, 1.82) is 0 Å². The Morgan fingerprint density at radius 3 is 2.92 bits per heavy atom. The second-order valence-corrected chi connectivity index (χ2v) is 3.83. The molecule has 0 fully saturated rings. The van der Waals surface area contributed by atoms with E-state index in [0.717, 1.165) is 0 Å². The fourth-order valence-corrected chi connectivity index (χ4v) is 1.77. The SMILES string of the molecule is CC1=CC2N=CNC2(C)C=C1C. The van der Waals surface area contributed by atoms with E-state index in [9.17, 15) is 0 Å². The van der Waals surface area contributed by atoms with Gasteiger partial charge in [-0.1, -0.05) is 23.3 Å². The molecule has 0 amide bonds. The summed E-state index contributed by atoms with van der Waals surface area (Å²) in [6.07, 6.45) is 6.30. The molecule has 2 nitrogen and oxygen atoms in total. The summed E-state index contributed by atoms with van der Waals surface area (Å²) in [6, 6.07) is 0.293. The number of hydrogen-bond donors (Lipinski definition) is 1. The highest BCUT2D eigenvalue weighted by atomic mass is 15.1. The Morgan fingerprint density at radius 2 is 2.17 bits per heavy atom. The molecule has 12 heavy (non-hydrogen) atoms. The van der Waals surface area contributed by atoms with Crippen molar-refractivity contribution >= 4 is 6.34 Å². The number of hydrogen-bond acceptors (Lipinski definition) is 2. The van der Waals surface area contributed by atoms with Gasteiger partial charge in [-0.3, -0.25) is 4.99 Å². The van der Waals surface area contributed by atoms with Crippen LogP contribution in [0.1, 0.15) is 20.8 Å². The van der Waals surface area contributed by atoms with Crippen LogP contribution in [0.4, 0.5) is 0 Å². The fraction of sp³-hybridized carbons (Fsp3) is 0.500. The van der Waals surface area contributed by atoms with E-state index in [1.165, 1.54) is 11.1 Å². The number of aliphatic imine (C=N–C) groups is 1. The van der Waals surface area contributed by atoms with Crippen molar-refractivity contribution in [2.45, 2.75) is 32.4 Å². The molecule has 2 atom stereocenters. The lowest BCUT2D eigenvalue weighted by Crippen LogP contribution is -2.44. The lowest BCUT2D eigenvalue weighted by atomic mass is 9.84. The molecule has 0 bridgehead atoms. The molecule has 0 radical (unpaired) electrons. The lowest BCUT2D eigenvalue weighted by Gasteiger charge is -2.30. The summed E-state index contributed by atoms with van der Waals surface area (Å²) in [7, 11) is 0. The first-order chi connectivity index (χ1) is 5.62. The third-order valence-corrected chi connectivity index (χ3v) is 2.77. The van der Waals surface area contributed by atoms with E-state index in [0.29, 0.717) is 6.04 Å². The van der Waals surface area contributed by atoms with E-state index < -0.39 is 0 Å². The average molecular weight is 162 g/mol. The highest BCUT2D eigenvalue weighted by Gasteiger charge is 2.35. The largest absolute Gasteiger partial charge is 0.365 e. The van der Waals surface area contributed by atoms with Gasteiger partial charge in [-0.15, -0.1) is 0 Å². The van der Waals surface area contributed by atoms with Crippen LogP contribution in [0.5, 0.6) is 0 Å². The van der Waals surface area contributed by atoms with Crippen LogP contribution in [0.2, 0.25) is 0 Å². The molecule has 0 aromatic heterocycles. The Bertz CT molecular complexity index is 299. The van der Waals surface area contributed by atoms with Gasteiger partial charge in [0, 0.05) is 0 Å². The maximum Gasteiger partial charge on any atom is 0.0966 e. The molecule has 1 N–H and O–H groups in total. The molecular formula is C10H14N2. The Labute approximate surface area is 73.1 Å². The second kappa shape index (κ2) is 2.22. The molecule has 2 heteroatoms. The van der Waals surface area contributed by atoms with Crippen LogP contribution in [0.25, 0.3) is 0 Å². The lowest BCUT2D eigenvalue weighted by molar-refractivity contribution is 0.496. The van der Waals surface area contributed by atoms with E-state index in [2.05, 4.69) is 43.2 Å². The van der Waals surface area contributed by atoms with Crippen molar-refractivity contribution < 1.29 is 0 Å². The van der Waals surface area contributed by atoms with Gasteiger partial charge in [-0.2, -0.15) is 0 Å². The highest BCUT2D eigenvalue weighted by molar-refractivity contribution is 5.63. The molecule has 2 aliphatic rings. The van der Waals surface area contributed by atoms with Crippen molar-refractivity contribution in [2.75, 3.05) is 0 Å². The van der Waals surface area contributed by atoms with Crippen molar-refractivity contribution in [3.05, 3.63) is 23.3 Å². The van der Waals surface area contributed by atoms with Crippen LogP contribution in [0.15, 0.2) is 28.3 Å². The fourth-order valence-electron chi connectivity index (χ4n) is 1.77. The molecule has 2 rings (SSSR count). The number of nitrogens with zero attached hydrogens (tertiary/aromatic N) is 1.